The van der Waals surface area contributed by atoms with Crippen LogP contribution in [0.2, 0.25) is 10.0 Å². The average Bonchev–Trinajstić information content (AvgIpc) is 2.84. The van der Waals surface area contributed by atoms with E-state index in [1.807, 2.05) is 12.1 Å². The fourth-order valence-electron chi connectivity index (χ4n) is 3.23. The molecular weight excluding hydrogens is 429 g/mol. The van der Waals surface area contributed by atoms with Gasteiger partial charge in [0.2, 0.25) is 0 Å². The number of sulfone groups is 1. The Hall–Kier alpha value is -1.80. The highest BCUT2D eigenvalue weighted by Crippen LogP contribution is 2.42. The number of benzene rings is 3. The van der Waals surface area contributed by atoms with Gasteiger partial charge in [-0.1, -0.05) is 47.5 Å². The highest BCUT2D eigenvalue weighted by molar-refractivity contribution is 7.94. The maximum atomic E-state index is 12.9. The lowest BCUT2D eigenvalue weighted by molar-refractivity contribution is 0.591. The molecule has 0 unspecified atom stereocenters. The first kappa shape index (κ1) is 18.6. The van der Waals surface area contributed by atoms with E-state index < -0.39 is 25.6 Å². The van der Waals surface area contributed by atoms with Crippen molar-refractivity contribution in [1.82, 2.24) is 0 Å². The zero-order chi connectivity index (χ0) is 19.4. The lowest BCUT2D eigenvalue weighted by Gasteiger charge is -2.19. The SMILES string of the molecule is O=S(=O)(CCN1c2cccc3cccc(c23)S1(=O)=O)c1cc(Cl)ccc1Cl. The van der Waals surface area contributed by atoms with E-state index in [2.05, 4.69) is 0 Å². The van der Waals surface area contributed by atoms with Crippen LogP contribution in [0, 0.1) is 0 Å². The molecule has 1 heterocycles. The van der Waals surface area contributed by atoms with Crippen LogP contribution in [-0.4, -0.2) is 29.1 Å². The van der Waals surface area contributed by atoms with E-state index in [4.69, 9.17) is 23.2 Å². The number of anilines is 1. The van der Waals surface area contributed by atoms with Gasteiger partial charge in [0.05, 0.1) is 26.3 Å². The van der Waals surface area contributed by atoms with E-state index in [1.54, 1.807) is 18.2 Å². The molecule has 0 radical (unpaired) electrons. The highest BCUT2D eigenvalue weighted by atomic mass is 35.5. The largest absolute Gasteiger partial charge is 0.265 e. The zero-order valence-electron chi connectivity index (χ0n) is 13.8. The van der Waals surface area contributed by atoms with Crippen molar-refractivity contribution in [2.24, 2.45) is 0 Å². The normalized spacial score (nSPS) is 15.4. The van der Waals surface area contributed by atoms with E-state index in [0.717, 1.165) is 9.69 Å². The van der Waals surface area contributed by atoms with Crippen LogP contribution in [-0.2, 0) is 19.9 Å². The molecule has 0 fully saturated rings. The monoisotopic (exact) mass is 441 g/mol. The summed E-state index contributed by atoms with van der Waals surface area (Å²) < 4.78 is 52.4. The Balaban J connectivity index is 1.72. The third kappa shape index (κ3) is 2.99. The average molecular weight is 442 g/mol. The van der Waals surface area contributed by atoms with Crippen LogP contribution in [0.15, 0.2) is 64.4 Å². The second-order valence-corrected chi connectivity index (χ2v) is 10.9. The van der Waals surface area contributed by atoms with Crippen molar-refractivity contribution in [2.45, 2.75) is 9.79 Å². The molecule has 1 aliphatic heterocycles. The predicted molar refractivity (Wildman–Crippen MR) is 107 cm³/mol. The van der Waals surface area contributed by atoms with Crippen molar-refractivity contribution < 1.29 is 16.8 Å². The maximum Gasteiger partial charge on any atom is 0.265 e. The molecule has 0 amide bonds. The molecule has 3 aromatic carbocycles. The van der Waals surface area contributed by atoms with Crippen LogP contribution in [0.4, 0.5) is 5.69 Å². The topological polar surface area (TPSA) is 71.5 Å². The van der Waals surface area contributed by atoms with Crippen molar-refractivity contribution in [3.05, 3.63) is 64.6 Å². The zero-order valence-corrected chi connectivity index (χ0v) is 16.9. The van der Waals surface area contributed by atoms with Gasteiger partial charge < -0.3 is 0 Å². The number of rotatable bonds is 4. The summed E-state index contributed by atoms with van der Waals surface area (Å²) in [5, 5.41) is 1.69. The standard InChI is InChI=1S/C18H13Cl2NO4S2/c19-13-7-8-14(20)17(11-13)26(22,23)10-9-21-15-5-1-3-12-4-2-6-16(18(12)15)27(21,24)25/h1-8,11H,9-10H2. The van der Waals surface area contributed by atoms with Crippen molar-refractivity contribution >= 4 is 59.5 Å². The van der Waals surface area contributed by atoms with E-state index in [0.29, 0.717) is 11.1 Å². The first-order valence-electron chi connectivity index (χ1n) is 7.94. The van der Waals surface area contributed by atoms with E-state index in [1.165, 1.54) is 24.3 Å². The van der Waals surface area contributed by atoms with Crippen molar-refractivity contribution in [3.8, 4) is 0 Å². The number of sulfonamides is 1. The molecule has 3 aromatic rings. The van der Waals surface area contributed by atoms with Gasteiger partial charge in [-0.15, -0.1) is 0 Å². The summed E-state index contributed by atoms with van der Waals surface area (Å²) in [6.45, 7) is -0.221. The molecule has 0 spiro atoms. The van der Waals surface area contributed by atoms with Crippen LogP contribution >= 0.6 is 23.2 Å². The quantitative estimate of drug-likeness (QED) is 0.609. The number of hydrogen-bond donors (Lipinski definition) is 0. The van der Waals surface area contributed by atoms with Crippen molar-refractivity contribution in [2.75, 3.05) is 16.6 Å². The van der Waals surface area contributed by atoms with Gasteiger partial charge in [0.15, 0.2) is 9.84 Å². The summed E-state index contributed by atoms with van der Waals surface area (Å²) >= 11 is 11.9. The fraction of sp³-hybridized carbons (Fsp3) is 0.111. The van der Waals surface area contributed by atoms with Gasteiger partial charge in [-0.3, -0.25) is 4.31 Å². The fourth-order valence-corrected chi connectivity index (χ4v) is 7.08. The lowest BCUT2D eigenvalue weighted by atomic mass is 10.1. The van der Waals surface area contributed by atoms with E-state index in [-0.39, 0.29) is 26.4 Å². The third-order valence-corrected chi connectivity index (χ3v) is 8.73. The smallest absolute Gasteiger partial charge is 0.265 e. The Morgan fingerprint density at radius 2 is 1.67 bits per heavy atom. The van der Waals surface area contributed by atoms with Crippen LogP contribution < -0.4 is 4.31 Å². The van der Waals surface area contributed by atoms with Gasteiger partial charge in [0.1, 0.15) is 0 Å². The Kier molecular flexibility index (Phi) is 4.38. The van der Waals surface area contributed by atoms with Gasteiger partial charge in [-0.2, -0.15) is 0 Å². The molecule has 5 nitrogen and oxygen atoms in total. The minimum Gasteiger partial charge on any atom is -0.265 e. The van der Waals surface area contributed by atoms with E-state index in [9.17, 15) is 16.8 Å². The second kappa shape index (κ2) is 6.38. The predicted octanol–water partition coefficient (Wildman–Crippen LogP) is 4.13. The number of halogens is 2. The molecule has 140 valence electrons. The van der Waals surface area contributed by atoms with E-state index >= 15 is 0 Å². The van der Waals surface area contributed by atoms with Gasteiger partial charge in [-0.25, -0.2) is 16.8 Å². The molecule has 1 aliphatic rings. The summed E-state index contributed by atoms with van der Waals surface area (Å²) in [7, 11) is -7.64. The van der Waals surface area contributed by atoms with Gasteiger partial charge in [0.25, 0.3) is 10.0 Å². The summed E-state index contributed by atoms with van der Waals surface area (Å²) in [5.74, 6) is -0.420. The Morgan fingerprint density at radius 3 is 2.41 bits per heavy atom. The molecular formula is C18H13Cl2NO4S2. The molecule has 4 rings (SSSR count). The van der Waals surface area contributed by atoms with Crippen molar-refractivity contribution in [3.63, 3.8) is 0 Å². The third-order valence-electron chi connectivity index (χ3n) is 4.47. The van der Waals surface area contributed by atoms with Crippen LogP contribution in [0.5, 0.6) is 0 Å². The number of nitrogens with zero attached hydrogens (tertiary/aromatic N) is 1. The molecule has 0 saturated carbocycles. The second-order valence-electron chi connectivity index (χ2n) is 6.10. The van der Waals surface area contributed by atoms with Gasteiger partial charge in [-0.05, 0) is 35.7 Å². The lowest BCUT2D eigenvalue weighted by Crippen LogP contribution is -2.32. The van der Waals surface area contributed by atoms with Crippen LogP contribution in [0.25, 0.3) is 10.8 Å². The summed E-state index contributed by atoms with van der Waals surface area (Å²) in [5.41, 5.74) is 0.482. The maximum absolute atomic E-state index is 12.9. The van der Waals surface area contributed by atoms with Crippen LogP contribution in [0.3, 0.4) is 0 Å². The minimum absolute atomic E-state index is 0.0501. The van der Waals surface area contributed by atoms with Crippen molar-refractivity contribution in [1.29, 1.82) is 0 Å². The molecule has 0 N–H and O–H groups in total. The Morgan fingerprint density at radius 1 is 0.963 bits per heavy atom. The van der Waals surface area contributed by atoms with Gasteiger partial charge >= 0.3 is 0 Å². The summed E-state index contributed by atoms with van der Waals surface area (Å²) in [4.78, 5) is 0.0813. The van der Waals surface area contributed by atoms with Crippen LogP contribution in [0.1, 0.15) is 0 Å². The first-order valence-corrected chi connectivity index (χ1v) is 11.8. The first-order chi connectivity index (χ1) is 12.7. The Labute approximate surface area is 167 Å². The molecule has 0 bridgehead atoms. The summed E-state index contributed by atoms with van der Waals surface area (Å²) in [6, 6.07) is 14.4. The Bertz CT molecular complexity index is 1280. The molecule has 0 aliphatic carbocycles. The molecule has 9 heteroatoms. The minimum atomic E-state index is -3.83. The highest BCUT2D eigenvalue weighted by Gasteiger charge is 2.36. The molecule has 0 saturated heterocycles. The molecule has 0 atom stereocenters. The molecule has 27 heavy (non-hydrogen) atoms. The summed E-state index contributed by atoms with van der Waals surface area (Å²) in [6.07, 6.45) is 0. The number of hydrogen-bond acceptors (Lipinski definition) is 4. The molecule has 0 aromatic heterocycles. The van der Waals surface area contributed by atoms with Gasteiger partial charge in [0, 0.05) is 17.0 Å².